The highest BCUT2D eigenvalue weighted by Gasteiger charge is 2.46. The van der Waals surface area contributed by atoms with E-state index in [0.29, 0.717) is 0 Å². The predicted molar refractivity (Wildman–Crippen MR) is 251 cm³/mol. The van der Waals surface area contributed by atoms with Crippen LogP contribution < -0.4 is 26.2 Å². The van der Waals surface area contributed by atoms with Crippen LogP contribution in [0.5, 0.6) is 0 Å². The molecule has 0 saturated heterocycles. The second kappa shape index (κ2) is 12.6. The van der Waals surface area contributed by atoms with E-state index in [1.807, 2.05) is 0 Å². The molecule has 2 nitrogen and oxygen atoms in total. The monoisotopic (exact) mass is 755 g/mol. The van der Waals surface area contributed by atoms with Crippen molar-refractivity contribution < 1.29 is 0 Å². The van der Waals surface area contributed by atoms with E-state index in [0.717, 1.165) is 0 Å². The van der Waals surface area contributed by atoms with Gasteiger partial charge in [0.15, 0.2) is 0 Å². The summed E-state index contributed by atoms with van der Waals surface area (Å²) in [4.78, 5) is 5.25. The normalized spacial score (nSPS) is 17.2. The number of nitrogens with zero attached hydrogens (tertiary/aromatic N) is 2. The van der Waals surface area contributed by atoms with Crippen LogP contribution in [0.15, 0.2) is 91.0 Å². The highest BCUT2D eigenvalue weighted by Crippen LogP contribution is 2.51. The Morgan fingerprint density at radius 1 is 0.421 bits per heavy atom. The zero-order valence-corrected chi connectivity index (χ0v) is 38.0. The van der Waals surface area contributed by atoms with Gasteiger partial charge in [0.1, 0.15) is 0 Å². The second-order valence-electron chi connectivity index (χ2n) is 23.1. The summed E-state index contributed by atoms with van der Waals surface area (Å²) in [5.41, 5.74) is 20.5. The van der Waals surface area contributed by atoms with Gasteiger partial charge >= 0.3 is 0 Å². The summed E-state index contributed by atoms with van der Waals surface area (Å²) in [6.45, 7) is 38.2. The molecular weight excluding hydrogens is 687 g/mol. The van der Waals surface area contributed by atoms with Crippen LogP contribution in [-0.4, -0.2) is 6.71 Å². The molecule has 0 aromatic heterocycles. The van der Waals surface area contributed by atoms with E-state index < -0.39 is 0 Å². The third-order valence-corrected chi connectivity index (χ3v) is 13.7. The minimum Gasteiger partial charge on any atom is -0.311 e. The Kier molecular flexibility index (Phi) is 8.77. The second-order valence-corrected chi connectivity index (χ2v) is 23.1. The molecule has 0 radical (unpaired) electrons. The minimum absolute atomic E-state index is 0.00219. The average Bonchev–Trinajstić information content (AvgIpc) is 3.11. The van der Waals surface area contributed by atoms with Gasteiger partial charge in [0, 0.05) is 34.1 Å². The molecule has 0 amide bonds. The van der Waals surface area contributed by atoms with Gasteiger partial charge in [-0.05, 0) is 144 Å². The van der Waals surface area contributed by atoms with Gasteiger partial charge in [-0.15, -0.1) is 0 Å². The molecule has 5 aromatic rings. The van der Waals surface area contributed by atoms with Crippen molar-refractivity contribution >= 4 is 57.2 Å². The summed E-state index contributed by atoms with van der Waals surface area (Å²) in [6.07, 6.45) is 2.38. The lowest BCUT2D eigenvalue weighted by Crippen LogP contribution is -2.61. The molecule has 0 atom stereocenters. The molecule has 296 valence electrons. The Hall–Kier alpha value is -4.24. The Balaban J connectivity index is 1.50. The first-order chi connectivity index (χ1) is 26.3. The van der Waals surface area contributed by atoms with E-state index in [1.165, 1.54) is 96.7 Å². The molecule has 0 spiro atoms. The quantitative estimate of drug-likeness (QED) is 0.162. The van der Waals surface area contributed by atoms with Crippen LogP contribution in [0.1, 0.15) is 157 Å². The summed E-state index contributed by atoms with van der Waals surface area (Å²) in [6, 6.07) is 36.5. The molecular formula is C54H67BN2. The van der Waals surface area contributed by atoms with Crippen molar-refractivity contribution in [2.24, 2.45) is 0 Å². The first-order valence-electron chi connectivity index (χ1n) is 21.6. The summed E-state index contributed by atoms with van der Waals surface area (Å²) in [5.74, 6) is 0. The Labute approximate surface area is 346 Å². The van der Waals surface area contributed by atoms with Crippen LogP contribution in [0.3, 0.4) is 0 Å². The van der Waals surface area contributed by atoms with Gasteiger partial charge in [-0.2, -0.15) is 0 Å². The zero-order valence-electron chi connectivity index (χ0n) is 38.0. The Bertz CT molecular complexity index is 2350. The highest BCUT2D eigenvalue weighted by atomic mass is 15.2. The number of hydrogen-bond acceptors (Lipinski definition) is 2. The van der Waals surface area contributed by atoms with Gasteiger partial charge in [0.05, 0.1) is 0 Å². The van der Waals surface area contributed by atoms with Gasteiger partial charge in [0.25, 0.3) is 6.71 Å². The average molecular weight is 755 g/mol. The number of fused-ring (bicyclic) bond motifs is 5. The van der Waals surface area contributed by atoms with E-state index in [4.69, 9.17) is 0 Å². The van der Waals surface area contributed by atoms with Crippen molar-refractivity contribution in [1.82, 2.24) is 0 Å². The van der Waals surface area contributed by atoms with E-state index in [1.54, 1.807) is 0 Å². The van der Waals surface area contributed by atoms with Crippen LogP contribution >= 0.6 is 0 Å². The molecule has 0 N–H and O–H groups in total. The van der Waals surface area contributed by atoms with Crippen LogP contribution in [0.25, 0.3) is 0 Å². The molecule has 0 saturated carbocycles. The first-order valence-corrected chi connectivity index (χ1v) is 21.6. The maximum atomic E-state index is 2.66. The molecule has 2 heterocycles. The van der Waals surface area contributed by atoms with Crippen LogP contribution in [0.2, 0.25) is 0 Å². The maximum absolute atomic E-state index is 2.66. The lowest BCUT2D eigenvalue weighted by molar-refractivity contribution is 0.332. The molecule has 57 heavy (non-hydrogen) atoms. The van der Waals surface area contributed by atoms with Crippen molar-refractivity contribution in [3.05, 3.63) is 124 Å². The molecule has 3 aliphatic rings. The summed E-state index contributed by atoms with van der Waals surface area (Å²) in [5, 5.41) is 0. The molecule has 0 bridgehead atoms. The van der Waals surface area contributed by atoms with Crippen LogP contribution in [-0.2, 0) is 32.5 Å². The van der Waals surface area contributed by atoms with Gasteiger partial charge in [0.2, 0.25) is 0 Å². The number of anilines is 6. The fourth-order valence-corrected chi connectivity index (χ4v) is 9.71. The molecule has 3 heteroatoms. The molecule has 2 aliphatic heterocycles. The number of hydrogen-bond donors (Lipinski definition) is 0. The standard InChI is InChI=1S/C54H67BN2/c1-49(2,3)34-26-35(50(4,5)6)29-38(28-34)56-44-21-18-17-20-42(44)55-43-32-40-41(54(15,16)25-24-53(40,13)14)33-47(43)57(46-23-19-22-45(56)48(46)55)39-30-36(51(7,8)9)27-37(31-39)52(10,11)12/h17-23,26-33H,24-25H2,1-16H3. The topological polar surface area (TPSA) is 6.48 Å². The fraction of sp³-hybridized carbons (Fsp3) is 0.444. The van der Waals surface area contributed by atoms with E-state index in [2.05, 4.69) is 212 Å². The van der Waals surface area contributed by atoms with Crippen molar-refractivity contribution in [2.75, 3.05) is 9.80 Å². The van der Waals surface area contributed by atoms with E-state index >= 15 is 0 Å². The van der Waals surface area contributed by atoms with Gasteiger partial charge < -0.3 is 9.80 Å². The molecule has 5 aromatic carbocycles. The number of para-hydroxylation sites is 1. The summed E-state index contributed by atoms with van der Waals surface area (Å²) >= 11 is 0. The van der Waals surface area contributed by atoms with Crippen LogP contribution in [0.4, 0.5) is 34.1 Å². The third kappa shape index (κ3) is 6.56. The highest BCUT2D eigenvalue weighted by molar-refractivity contribution is 7.00. The van der Waals surface area contributed by atoms with E-state index in [9.17, 15) is 0 Å². The zero-order chi connectivity index (χ0) is 41.4. The Morgan fingerprint density at radius 3 is 1.25 bits per heavy atom. The van der Waals surface area contributed by atoms with Gasteiger partial charge in [-0.1, -0.05) is 153 Å². The van der Waals surface area contributed by atoms with Crippen LogP contribution in [0, 0.1) is 0 Å². The van der Waals surface area contributed by atoms with Crippen molar-refractivity contribution in [3.8, 4) is 0 Å². The lowest BCUT2D eigenvalue weighted by atomic mass is 9.33. The molecule has 8 rings (SSSR count). The first kappa shape index (κ1) is 39.6. The summed E-state index contributed by atoms with van der Waals surface area (Å²) in [7, 11) is 0. The lowest BCUT2D eigenvalue weighted by Gasteiger charge is -2.47. The van der Waals surface area contributed by atoms with Gasteiger partial charge in [-0.25, -0.2) is 0 Å². The number of benzene rings is 5. The molecule has 0 fully saturated rings. The number of rotatable bonds is 2. The molecule has 1 aliphatic carbocycles. The van der Waals surface area contributed by atoms with Gasteiger partial charge in [-0.3, -0.25) is 0 Å². The minimum atomic E-state index is -0.00623. The van der Waals surface area contributed by atoms with E-state index in [-0.39, 0.29) is 39.2 Å². The fourth-order valence-electron chi connectivity index (χ4n) is 9.71. The molecule has 0 unspecified atom stereocenters. The Morgan fingerprint density at radius 2 is 0.807 bits per heavy atom. The third-order valence-electron chi connectivity index (χ3n) is 13.7. The summed E-state index contributed by atoms with van der Waals surface area (Å²) < 4.78 is 0. The largest absolute Gasteiger partial charge is 0.311 e. The van der Waals surface area contributed by atoms with Crippen molar-refractivity contribution in [1.29, 1.82) is 0 Å². The predicted octanol–water partition coefficient (Wildman–Crippen LogP) is 13.3. The maximum Gasteiger partial charge on any atom is 0.252 e. The smallest absolute Gasteiger partial charge is 0.252 e. The SMILES string of the molecule is CC(C)(C)c1cc(N2c3ccccc3B3c4cc5c(cc4N(c4cc(C(C)(C)C)cc(C(C)(C)C)c4)c4cccc2c43)C(C)(C)CCC5(C)C)cc(C(C)(C)C)c1. The van der Waals surface area contributed by atoms with Crippen molar-refractivity contribution in [3.63, 3.8) is 0 Å². The van der Waals surface area contributed by atoms with Crippen molar-refractivity contribution in [2.45, 2.75) is 156 Å².